The Bertz CT molecular complexity index is 875. The van der Waals surface area contributed by atoms with Gasteiger partial charge in [0.1, 0.15) is 5.82 Å². The van der Waals surface area contributed by atoms with Crippen LogP contribution in [0.2, 0.25) is 0 Å². The number of aryl methyl sites for hydroxylation is 1. The standard InChI is InChI=1S/C20H24FN3O/c21-14-8-12(19(22)25)18-17(16(14)11-2-1-7-23-10-11)13-9-20(5-6-20)4-3-15(13)24-18/h8,11,23-24H,1-7,9-10H2,(H2,22,25). The van der Waals surface area contributed by atoms with Gasteiger partial charge in [0, 0.05) is 23.2 Å². The van der Waals surface area contributed by atoms with Gasteiger partial charge in [0.15, 0.2) is 0 Å². The fourth-order valence-corrected chi connectivity index (χ4v) is 5.04. The molecular weight excluding hydrogens is 317 g/mol. The van der Waals surface area contributed by atoms with Gasteiger partial charge in [-0.15, -0.1) is 0 Å². The molecule has 1 saturated heterocycles. The zero-order valence-corrected chi connectivity index (χ0v) is 14.4. The highest BCUT2D eigenvalue weighted by atomic mass is 19.1. The van der Waals surface area contributed by atoms with Crippen LogP contribution in [0.25, 0.3) is 10.9 Å². The van der Waals surface area contributed by atoms with E-state index >= 15 is 4.39 Å². The quantitative estimate of drug-likeness (QED) is 0.785. The summed E-state index contributed by atoms with van der Waals surface area (Å²) in [6, 6.07) is 1.35. The Hall–Kier alpha value is -1.88. The molecule has 1 unspecified atom stereocenters. The second-order valence-electron chi connectivity index (χ2n) is 8.24. The predicted octanol–water partition coefficient (Wildman–Crippen LogP) is 3.14. The zero-order chi connectivity index (χ0) is 17.2. The number of hydrogen-bond donors (Lipinski definition) is 3. The first-order valence-corrected chi connectivity index (χ1v) is 9.44. The molecule has 1 aliphatic heterocycles. The maximum Gasteiger partial charge on any atom is 0.250 e. The van der Waals surface area contributed by atoms with Gasteiger partial charge < -0.3 is 16.0 Å². The van der Waals surface area contributed by atoms with E-state index in [1.54, 1.807) is 0 Å². The van der Waals surface area contributed by atoms with Crippen molar-refractivity contribution >= 4 is 16.8 Å². The molecule has 1 saturated carbocycles. The highest BCUT2D eigenvalue weighted by Crippen LogP contribution is 2.56. The maximum atomic E-state index is 15.1. The van der Waals surface area contributed by atoms with Crippen LogP contribution < -0.4 is 11.1 Å². The van der Waals surface area contributed by atoms with Crippen molar-refractivity contribution in [1.82, 2.24) is 10.3 Å². The van der Waals surface area contributed by atoms with Gasteiger partial charge in [-0.2, -0.15) is 0 Å². The molecule has 4 nitrogen and oxygen atoms in total. The van der Waals surface area contributed by atoms with Crippen LogP contribution in [0.5, 0.6) is 0 Å². The zero-order valence-electron chi connectivity index (χ0n) is 14.4. The Labute approximate surface area is 146 Å². The van der Waals surface area contributed by atoms with Gasteiger partial charge in [-0.3, -0.25) is 4.79 Å². The lowest BCUT2D eigenvalue weighted by Crippen LogP contribution is -2.29. The van der Waals surface area contributed by atoms with Gasteiger partial charge in [0.2, 0.25) is 0 Å². The lowest BCUT2D eigenvalue weighted by atomic mass is 9.80. The summed E-state index contributed by atoms with van der Waals surface area (Å²) in [5, 5.41) is 4.36. The van der Waals surface area contributed by atoms with E-state index < -0.39 is 5.91 Å². The monoisotopic (exact) mass is 341 g/mol. The van der Waals surface area contributed by atoms with Crippen LogP contribution in [0, 0.1) is 11.2 Å². The molecule has 5 heteroatoms. The normalized spacial score (nSPS) is 24.4. The molecule has 1 aromatic heterocycles. The minimum absolute atomic E-state index is 0.162. The minimum Gasteiger partial charge on any atom is -0.366 e. The Morgan fingerprint density at radius 3 is 2.84 bits per heavy atom. The molecule has 1 spiro atoms. The number of benzene rings is 1. The smallest absolute Gasteiger partial charge is 0.250 e. The molecule has 0 bridgehead atoms. The van der Waals surface area contributed by atoms with Crippen molar-refractivity contribution in [3.05, 3.63) is 34.3 Å². The van der Waals surface area contributed by atoms with Crippen LogP contribution >= 0.6 is 0 Å². The number of aromatic nitrogens is 1. The summed E-state index contributed by atoms with van der Waals surface area (Å²) >= 11 is 0. The third-order valence-corrected chi connectivity index (χ3v) is 6.64. The SMILES string of the molecule is NC(=O)c1cc(F)c(C2CCCNC2)c2c3c([nH]c12)CCC1(CC1)C3. The summed E-state index contributed by atoms with van der Waals surface area (Å²) in [5.74, 6) is -0.667. The number of nitrogens with two attached hydrogens (primary N) is 1. The Morgan fingerprint density at radius 2 is 2.16 bits per heavy atom. The molecule has 1 aromatic carbocycles. The number of rotatable bonds is 2. The van der Waals surface area contributed by atoms with E-state index in [4.69, 9.17) is 5.73 Å². The number of fused-ring (bicyclic) bond motifs is 3. The number of primary amides is 1. The van der Waals surface area contributed by atoms with E-state index in [1.165, 1.54) is 36.6 Å². The number of carbonyl (C=O) groups excluding carboxylic acids is 1. The highest BCUT2D eigenvalue weighted by Gasteiger charge is 2.46. The van der Waals surface area contributed by atoms with Crippen LogP contribution in [0.1, 0.15) is 65.2 Å². The molecule has 2 heterocycles. The molecule has 132 valence electrons. The van der Waals surface area contributed by atoms with Gasteiger partial charge in [-0.05, 0) is 74.5 Å². The number of carbonyl (C=O) groups is 1. The summed E-state index contributed by atoms with van der Waals surface area (Å²) in [6.07, 6.45) is 7.79. The lowest BCUT2D eigenvalue weighted by Gasteiger charge is -2.26. The van der Waals surface area contributed by atoms with Gasteiger partial charge >= 0.3 is 0 Å². The molecule has 2 aliphatic carbocycles. The van der Waals surface area contributed by atoms with Gasteiger partial charge in [0.05, 0.1) is 11.1 Å². The molecule has 1 amide bonds. The number of amides is 1. The van der Waals surface area contributed by atoms with Crippen molar-refractivity contribution in [2.75, 3.05) is 13.1 Å². The number of hydrogen-bond acceptors (Lipinski definition) is 2. The van der Waals surface area contributed by atoms with E-state index in [1.807, 2.05) is 0 Å². The number of halogens is 1. The molecule has 3 aliphatic rings. The Balaban J connectivity index is 1.77. The third kappa shape index (κ3) is 2.32. The van der Waals surface area contributed by atoms with E-state index in [9.17, 15) is 4.79 Å². The summed E-state index contributed by atoms with van der Waals surface area (Å²) in [4.78, 5) is 15.4. The molecule has 1 atom stereocenters. The summed E-state index contributed by atoms with van der Waals surface area (Å²) in [7, 11) is 0. The van der Waals surface area contributed by atoms with E-state index in [0.717, 1.165) is 55.2 Å². The summed E-state index contributed by atoms with van der Waals surface area (Å²) < 4.78 is 15.1. The largest absolute Gasteiger partial charge is 0.366 e. The third-order valence-electron chi connectivity index (χ3n) is 6.64. The lowest BCUT2D eigenvalue weighted by molar-refractivity contribution is 0.100. The van der Waals surface area contributed by atoms with Crippen LogP contribution in [0.3, 0.4) is 0 Å². The molecular formula is C20H24FN3O. The molecule has 0 radical (unpaired) electrons. The van der Waals surface area contributed by atoms with Crippen molar-refractivity contribution in [3.8, 4) is 0 Å². The Morgan fingerprint density at radius 1 is 1.32 bits per heavy atom. The summed E-state index contributed by atoms with van der Waals surface area (Å²) in [6.45, 7) is 1.79. The van der Waals surface area contributed by atoms with Crippen LogP contribution in [-0.2, 0) is 12.8 Å². The van der Waals surface area contributed by atoms with Crippen LogP contribution in [0.15, 0.2) is 6.07 Å². The van der Waals surface area contributed by atoms with Crippen molar-refractivity contribution in [2.45, 2.75) is 50.9 Å². The van der Waals surface area contributed by atoms with Crippen molar-refractivity contribution < 1.29 is 9.18 Å². The van der Waals surface area contributed by atoms with Crippen LogP contribution in [-0.4, -0.2) is 24.0 Å². The number of piperidine rings is 1. The minimum atomic E-state index is -0.558. The fourth-order valence-electron chi connectivity index (χ4n) is 5.04. The number of H-pyrrole nitrogens is 1. The average Bonchev–Trinajstić information content (AvgIpc) is 3.26. The molecule has 4 N–H and O–H groups in total. The number of aromatic amines is 1. The van der Waals surface area contributed by atoms with Gasteiger partial charge in [-0.25, -0.2) is 4.39 Å². The van der Waals surface area contributed by atoms with Gasteiger partial charge in [-0.1, -0.05) is 0 Å². The molecule has 2 aromatic rings. The van der Waals surface area contributed by atoms with E-state index in [-0.39, 0.29) is 11.7 Å². The Kier molecular flexibility index (Phi) is 3.26. The number of nitrogens with one attached hydrogen (secondary N) is 2. The molecule has 25 heavy (non-hydrogen) atoms. The highest BCUT2D eigenvalue weighted by molar-refractivity contribution is 6.07. The average molecular weight is 341 g/mol. The first-order valence-electron chi connectivity index (χ1n) is 9.44. The van der Waals surface area contributed by atoms with E-state index in [2.05, 4.69) is 10.3 Å². The summed E-state index contributed by atoms with van der Waals surface area (Å²) in [5.41, 5.74) is 10.3. The first-order chi connectivity index (χ1) is 12.1. The first kappa shape index (κ1) is 15.4. The fraction of sp³-hybridized carbons (Fsp3) is 0.550. The van der Waals surface area contributed by atoms with Crippen LogP contribution in [0.4, 0.5) is 4.39 Å². The molecule has 2 fully saturated rings. The van der Waals surface area contributed by atoms with Crippen molar-refractivity contribution in [2.24, 2.45) is 11.1 Å². The second-order valence-corrected chi connectivity index (χ2v) is 8.24. The topological polar surface area (TPSA) is 70.9 Å². The van der Waals surface area contributed by atoms with Crippen molar-refractivity contribution in [1.29, 1.82) is 0 Å². The predicted molar refractivity (Wildman–Crippen MR) is 95.3 cm³/mol. The van der Waals surface area contributed by atoms with Crippen molar-refractivity contribution in [3.63, 3.8) is 0 Å². The molecule has 5 rings (SSSR count). The van der Waals surface area contributed by atoms with Gasteiger partial charge in [0.25, 0.3) is 5.91 Å². The maximum absolute atomic E-state index is 15.1. The second kappa shape index (κ2) is 5.31. The van der Waals surface area contributed by atoms with E-state index in [0.29, 0.717) is 11.0 Å².